The van der Waals surface area contributed by atoms with Gasteiger partial charge in [0.25, 0.3) is 5.91 Å². The van der Waals surface area contributed by atoms with E-state index in [2.05, 4.69) is 11.2 Å². The lowest BCUT2D eigenvalue weighted by atomic mass is 10.1. The summed E-state index contributed by atoms with van der Waals surface area (Å²) in [6.07, 6.45) is 6.05. The maximum absolute atomic E-state index is 12.2. The molecule has 4 heteroatoms. The number of aryl methyl sites for hydroxylation is 1. The first-order chi connectivity index (χ1) is 9.08. The fourth-order valence-corrected chi connectivity index (χ4v) is 3.03. The highest BCUT2D eigenvalue weighted by molar-refractivity contribution is 7.21. The number of thiophene rings is 1. The molecule has 1 aromatic carbocycles. The summed E-state index contributed by atoms with van der Waals surface area (Å²) in [4.78, 5) is 12.7. The van der Waals surface area contributed by atoms with Gasteiger partial charge in [-0.05, 0) is 18.9 Å². The normalized spacial score (nSPS) is 12.1. The third-order valence-corrected chi connectivity index (χ3v) is 4.43. The van der Waals surface area contributed by atoms with Gasteiger partial charge in [0.15, 0.2) is 0 Å². The molecule has 0 saturated heterocycles. The van der Waals surface area contributed by atoms with Crippen molar-refractivity contribution in [2.45, 2.75) is 26.3 Å². The second kappa shape index (κ2) is 5.33. The lowest BCUT2D eigenvalue weighted by Crippen LogP contribution is -2.33. The van der Waals surface area contributed by atoms with E-state index in [9.17, 15) is 4.79 Å². The van der Waals surface area contributed by atoms with Crippen molar-refractivity contribution in [2.24, 2.45) is 0 Å². The molecule has 1 heterocycles. The van der Waals surface area contributed by atoms with Crippen molar-refractivity contribution < 1.29 is 4.79 Å². The molecular weight excluding hydrogens is 256 g/mol. The highest BCUT2D eigenvalue weighted by Crippen LogP contribution is 2.35. The summed E-state index contributed by atoms with van der Waals surface area (Å²) in [7, 11) is 0. The predicted molar refractivity (Wildman–Crippen MR) is 81.4 cm³/mol. The van der Waals surface area contributed by atoms with E-state index in [1.807, 2.05) is 32.0 Å². The van der Waals surface area contributed by atoms with Crippen LogP contribution in [0, 0.1) is 19.3 Å². The van der Waals surface area contributed by atoms with E-state index in [0.29, 0.717) is 17.0 Å². The fraction of sp³-hybridized carbons (Fsp3) is 0.267. The lowest BCUT2D eigenvalue weighted by molar-refractivity contribution is 0.0950. The molecule has 0 fully saturated rings. The summed E-state index contributed by atoms with van der Waals surface area (Å²) in [5.41, 5.74) is 7.72. The van der Waals surface area contributed by atoms with Crippen molar-refractivity contribution in [1.82, 2.24) is 5.32 Å². The number of benzene rings is 1. The van der Waals surface area contributed by atoms with Gasteiger partial charge >= 0.3 is 0 Å². The van der Waals surface area contributed by atoms with E-state index < -0.39 is 0 Å². The first-order valence-electron chi connectivity index (χ1n) is 6.13. The van der Waals surface area contributed by atoms with Crippen LogP contribution < -0.4 is 11.1 Å². The van der Waals surface area contributed by atoms with Gasteiger partial charge in [0.1, 0.15) is 4.88 Å². The summed E-state index contributed by atoms with van der Waals surface area (Å²) in [5.74, 6) is 2.36. The quantitative estimate of drug-likeness (QED) is 0.844. The molecule has 0 spiro atoms. The van der Waals surface area contributed by atoms with Crippen molar-refractivity contribution in [2.75, 3.05) is 5.73 Å². The van der Waals surface area contributed by atoms with Gasteiger partial charge in [-0.1, -0.05) is 31.0 Å². The lowest BCUT2D eigenvalue weighted by Gasteiger charge is -2.09. The van der Waals surface area contributed by atoms with Gasteiger partial charge in [0.05, 0.1) is 11.7 Å². The van der Waals surface area contributed by atoms with Crippen molar-refractivity contribution in [3.8, 4) is 12.3 Å². The number of nitrogen functional groups attached to an aromatic ring is 1. The topological polar surface area (TPSA) is 55.1 Å². The number of nitrogens with one attached hydrogen (secondary N) is 1. The molecule has 0 aliphatic carbocycles. The SMILES string of the molecule is C#CC(CC)NC(=O)c1sc2c(C)cccc2c1N. The molecule has 0 saturated carbocycles. The van der Waals surface area contributed by atoms with E-state index in [1.54, 1.807) is 0 Å². The molecule has 1 atom stereocenters. The smallest absolute Gasteiger partial charge is 0.264 e. The summed E-state index contributed by atoms with van der Waals surface area (Å²) >= 11 is 1.42. The van der Waals surface area contributed by atoms with E-state index in [-0.39, 0.29) is 11.9 Å². The van der Waals surface area contributed by atoms with E-state index in [0.717, 1.165) is 15.6 Å². The van der Waals surface area contributed by atoms with E-state index >= 15 is 0 Å². The molecule has 2 rings (SSSR count). The number of hydrogen-bond acceptors (Lipinski definition) is 3. The zero-order chi connectivity index (χ0) is 14.0. The Balaban J connectivity index is 2.41. The molecule has 1 aromatic heterocycles. The van der Waals surface area contributed by atoms with Crippen LogP contribution in [0.1, 0.15) is 28.6 Å². The number of hydrogen-bond donors (Lipinski definition) is 2. The average molecular weight is 272 g/mol. The standard InChI is InChI=1S/C15H16N2OS/c1-4-10(5-2)17-15(18)14-12(16)11-8-6-7-9(3)13(11)19-14/h1,6-8,10H,5,16H2,2-3H3,(H,17,18). The maximum Gasteiger partial charge on any atom is 0.264 e. The number of rotatable bonds is 3. The largest absolute Gasteiger partial charge is 0.397 e. The first kappa shape index (κ1) is 13.4. The number of carbonyl (C=O) groups is 1. The Morgan fingerprint density at radius 1 is 1.58 bits per heavy atom. The number of terminal acetylenes is 1. The minimum Gasteiger partial charge on any atom is -0.397 e. The van der Waals surface area contributed by atoms with Crippen LogP contribution in [0.5, 0.6) is 0 Å². The third-order valence-electron chi connectivity index (χ3n) is 3.07. The number of anilines is 1. The van der Waals surface area contributed by atoms with Crippen LogP contribution in [0.3, 0.4) is 0 Å². The number of fused-ring (bicyclic) bond motifs is 1. The molecule has 0 bridgehead atoms. The Bertz CT molecular complexity index is 667. The highest BCUT2D eigenvalue weighted by Gasteiger charge is 2.18. The van der Waals surface area contributed by atoms with Crippen molar-refractivity contribution >= 4 is 33.0 Å². The number of nitrogens with two attached hydrogens (primary N) is 1. The molecule has 19 heavy (non-hydrogen) atoms. The summed E-state index contributed by atoms with van der Waals surface area (Å²) in [6.45, 7) is 3.94. The molecule has 0 radical (unpaired) electrons. The molecule has 1 amide bonds. The zero-order valence-corrected chi connectivity index (χ0v) is 11.8. The minimum absolute atomic E-state index is 0.192. The van der Waals surface area contributed by atoms with Gasteiger partial charge < -0.3 is 11.1 Å². The summed E-state index contributed by atoms with van der Waals surface area (Å²) < 4.78 is 1.05. The average Bonchev–Trinajstić information content (AvgIpc) is 2.75. The molecule has 3 N–H and O–H groups in total. The Hall–Kier alpha value is -1.99. The van der Waals surface area contributed by atoms with Gasteiger partial charge in [-0.3, -0.25) is 4.79 Å². The predicted octanol–water partition coefficient (Wildman–Crippen LogP) is 2.93. The van der Waals surface area contributed by atoms with Crippen LogP contribution >= 0.6 is 11.3 Å². The monoisotopic (exact) mass is 272 g/mol. The Morgan fingerprint density at radius 2 is 2.32 bits per heavy atom. The second-order valence-electron chi connectivity index (χ2n) is 4.40. The molecule has 0 aliphatic rings. The maximum atomic E-state index is 12.2. The van der Waals surface area contributed by atoms with E-state index in [4.69, 9.17) is 12.2 Å². The van der Waals surface area contributed by atoms with Crippen LogP contribution in [-0.2, 0) is 0 Å². The van der Waals surface area contributed by atoms with Crippen LogP contribution in [0.15, 0.2) is 18.2 Å². The van der Waals surface area contributed by atoms with Crippen molar-refractivity contribution in [1.29, 1.82) is 0 Å². The van der Waals surface area contributed by atoms with Crippen LogP contribution in [-0.4, -0.2) is 11.9 Å². The zero-order valence-electron chi connectivity index (χ0n) is 11.0. The number of carbonyl (C=O) groups excluding carboxylic acids is 1. The molecular formula is C15H16N2OS. The van der Waals surface area contributed by atoms with Crippen molar-refractivity contribution in [3.63, 3.8) is 0 Å². The Morgan fingerprint density at radius 3 is 2.89 bits per heavy atom. The van der Waals surface area contributed by atoms with Gasteiger partial charge in [-0.25, -0.2) is 0 Å². The molecule has 1 unspecified atom stereocenters. The highest BCUT2D eigenvalue weighted by atomic mass is 32.1. The Labute approximate surface area is 116 Å². The minimum atomic E-state index is -0.252. The van der Waals surface area contributed by atoms with Crippen LogP contribution in [0.2, 0.25) is 0 Å². The fourth-order valence-electron chi connectivity index (χ4n) is 1.93. The van der Waals surface area contributed by atoms with Gasteiger partial charge in [-0.15, -0.1) is 17.8 Å². The van der Waals surface area contributed by atoms with Crippen LogP contribution in [0.4, 0.5) is 5.69 Å². The van der Waals surface area contributed by atoms with Gasteiger partial charge in [0.2, 0.25) is 0 Å². The second-order valence-corrected chi connectivity index (χ2v) is 5.42. The molecule has 3 nitrogen and oxygen atoms in total. The first-order valence-corrected chi connectivity index (χ1v) is 6.94. The summed E-state index contributed by atoms with van der Waals surface area (Å²) in [5, 5.41) is 3.74. The number of amides is 1. The van der Waals surface area contributed by atoms with Gasteiger partial charge in [0, 0.05) is 10.1 Å². The molecule has 98 valence electrons. The molecule has 2 aromatic rings. The Kier molecular flexibility index (Phi) is 3.77. The van der Waals surface area contributed by atoms with Gasteiger partial charge in [-0.2, -0.15) is 0 Å². The van der Waals surface area contributed by atoms with E-state index in [1.165, 1.54) is 11.3 Å². The third kappa shape index (κ3) is 2.42. The van der Waals surface area contributed by atoms with Crippen LogP contribution in [0.25, 0.3) is 10.1 Å². The molecule has 0 aliphatic heterocycles. The summed E-state index contributed by atoms with van der Waals surface area (Å²) in [6, 6.07) is 5.64. The van der Waals surface area contributed by atoms with Crippen molar-refractivity contribution in [3.05, 3.63) is 28.6 Å².